The molecule has 2 rings (SSSR count). The third kappa shape index (κ3) is 3.27. The second kappa shape index (κ2) is 5.04. The molecule has 3 N–H and O–H groups in total. The van der Waals surface area contributed by atoms with E-state index < -0.39 is 0 Å². The number of rotatable bonds is 5. The standard InChI is InChI=1S/C13H23N3S/c1-12(2,11-15-9-10-17-11)16-8-7-13(14)5-3-4-6-13/h9-10,16H,3-8,14H2,1-2H3. The van der Waals surface area contributed by atoms with Crippen LogP contribution in [0.5, 0.6) is 0 Å². The molecular weight excluding hydrogens is 230 g/mol. The van der Waals surface area contributed by atoms with Crippen molar-refractivity contribution in [2.24, 2.45) is 5.73 Å². The van der Waals surface area contributed by atoms with Crippen molar-refractivity contribution in [3.63, 3.8) is 0 Å². The fourth-order valence-corrected chi connectivity index (χ4v) is 3.30. The minimum absolute atomic E-state index is 0.0386. The second-order valence-corrected chi connectivity index (χ2v) is 6.60. The van der Waals surface area contributed by atoms with Crippen LogP contribution < -0.4 is 11.1 Å². The van der Waals surface area contributed by atoms with E-state index in [0.29, 0.717) is 0 Å². The number of hydrogen-bond donors (Lipinski definition) is 2. The molecule has 1 aliphatic rings. The summed E-state index contributed by atoms with van der Waals surface area (Å²) in [5, 5.41) is 6.76. The first-order valence-corrected chi connectivity index (χ1v) is 7.34. The van der Waals surface area contributed by atoms with Crippen LogP contribution in [0.1, 0.15) is 51.0 Å². The largest absolute Gasteiger partial charge is 0.325 e. The molecule has 96 valence electrons. The van der Waals surface area contributed by atoms with Gasteiger partial charge in [0.2, 0.25) is 0 Å². The molecule has 0 amide bonds. The highest BCUT2D eigenvalue weighted by molar-refractivity contribution is 7.09. The number of nitrogens with one attached hydrogen (secondary N) is 1. The van der Waals surface area contributed by atoms with E-state index >= 15 is 0 Å². The van der Waals surface area contributed by atoms with Crippen molar-refractivity contribution in [3.8, 4) is 0 Å². The van der Waals surface area contributed by atoms with Crippen molar-refractivity contribution in [3.05, 3.63) is 16.6 Å². The Morgan fingerprint density at radius 2 is 2.18 bits per heavy atom. The van der Waals surface area contributed by atoms with Crippen LogP contribution in [-0.2, 0) is 5.54 Å². The monoisotopic (exact) mass is 253 g/mol. The molecule has 17 heavy (non-hydrogen) atoms. The van der Waals surface area contributed by atoms with E-state index in [4.69, 9.17) is 5.73 Å². The molecule has 4 heteroatoms. The topological polar surface area (TPSA) is 50.9 Å². The zero-order valence-electron chi connectivity index (χ0n) is 10.8. The van der Waals surface area contributed by atoms with E-state index in [2.05, 4.69) is 24.1 Å². The van der Waals surface area contributed by atoms with Gasteiger partial charge in [-0.25, -0.2) is 4.98 Å². The van der Waals surface area contributed by atoms with E-state index in [9.17, 15) is 0 Å². The van der Waals surface area contributed by atoms with Crippen molar-refractivity contribution in [2.75, 3.05) is 6.54 Å². The molecule has 1 aromatic rings. The van der Waals surface area contributed by atoms with Crippen molar-refractivity contribution in [1.82, 2.24) is 10.3 Å². The summed E-state index contributed by atoms with van der Waals surface area (Å²) in [4.78, 5) is 4.38. The maximum absolute atomic E-state index is 6.35. The zero-order valence-corrected chi connectivity index (χ0v) is 11.6. The summed E-state index contributed by atoms with van der Waals surface area (Å²) in [6.45, 7) is 5.34. The summed E-state index contributed by atoms with van der Waals surface area (Å²) >= 11 is 1.71. The molecular formula is C13H23N3S. The first-order chi connectivity index (χ1) is 8.02. The smallest absolute Gasteiger partial charge is 0.112 e. The van der Waals surface area contributed by atoms with Gasteiger partial charge in [-0.2, -0.15) is 0 Å². The van der Waals surface area contributed by atoms with Crippen LogP contribution in [0.25, 0.3) is 0 Å². The van der Waals surface area contributed by atoms with Gasteiger partial charge in [0.1, 0.15) is 5.01 Å². The summed E-state index contributed by atoms with van der Waals surface area (Å²) in [6, 6.07) is 0. The number of nitrogens with two attached hydrogens (primary N) is 1. The third-order valence-corrected chi connectivity index (χ3v) is 4.85. The molecule has 0 bridgehead atoms. The van der Waals surface area contributed by atoms with Crippen molar-refractivity contribution in [2.45, 2.75) is 57.0 Å². The minimum atomic E-state index is -0.0386. The summed E-state index contributed by atoms with van der Waals surface area (Å²) in [7, 11) is 0. The highest BCUT2D eigenvalue weighted by atomic mass is 32.1. The van der Waals surface area contributed by atoms with E-state index in [1.807, 2.05) is 11.6 Å². The fraction of sp³-hybridized carbons (Fsp3) is 0.769. The summed E-state index contributed by atoms with van der Waals surface area (Å²) < 4.78 is 0. The van der Waals surface area contributed by atoms with Gasteiger partial charge >= 0.3 is 0 Å². The molecule has 0 atom stereocenters. The highest BCUT2D eigenvalue weighted by Gasteiger charge is 2.30. The van der Waals surface area contributed by atoms with E-state index in [-0.39, 0.29) is 11.1 Å². The Labute approximate surface area is 108 Å². The quantitative estimate of drug-likeness (QED) is 0.848. The number of nitrogens with zero attached hydrogens (tertiary/aromatic N) is 1. The van der Waals surface area contributed by atoms with Crippen LogP contribution in [0, 0.1) is 0 Å². The Morgan fingerprint density at radius 1 is 1.47 bits per heavy atom. The van der Waals surface area contributed by atoms with Crippen molar-refractivity contribution in [1.29, 1.82) is 0 Å². The Bertz CT molecular complexity index is 340. The molecule has 3 nitrogen and oxygen atoms in total. The van der Waals surface area contributed by atoms with Crippen LogP contribution in [0.3, 0.4) is 0 Å². The molecule has 1 saturated carbocycles. The third-order valence-electron chi connectivity index (χ3n) is 3.76. The lowest BCUT2D eigenvalue weighted by Crippen LogP contribution is -2.43. The predicted octanol–water partition coefficient (Wildman–Crippen LogP) is 2.63. The molecule has 0 saturated heterocycles. The normalized spacial score (nSPS) is 19.7. The summed E-state index contributed by atoms with van der Waals surface area (Å²) in [6.07, 6.45) is 7.91. The number of hydrogen-bond acceptors (Lipinski definition) is 4. The number of aromatic nitrogens is 1. The van der Waals surface area contributed by atoms with Gasteiger partial charge in [-0.1, -0.05) is 12.8 Å². The fourth-order valence-electron chi connectivity index (χ4n) is 2.56. The first-order valence-electron chi connectivity index (χ1n) is 6.46. The van der Waals surface area contributed by atoms with Gasteiger partial charge < -0.3 is 11.1 Å². The molecule has 0 spiro atoms. The Hall–Kier alpha value is -0.450. The van der Waals surface area contributed by atoms with Crippen LogP contribution in [-0.4, -0.2) is 17.1 Å². The summed E-state index contributed by atoms with van der Waals surface area (Å²) in [5.74, 6) is 0. The lowest BCUT2D eigenvalue weighted by molar-refractivity contribution is 0.340. The molecule has 1 heterocycles. The van der Waals surface area contributed by atoms with Gasteiger partial charge in [0.15, 0.2) is 0 Å². The van der Waals surface area contributed by atoms with Gasteiger partial charge in [-0.3, -0.25) is 0 Å². The average Bonchev–Trinajstić information content (AvgIpc) is 2.88. The molecule has 1 aromatic heterocycles. The number of thiazole rings is 1. The summed E-state index contributed by atoms with van der Waals surface area (Å²) in [5.41, 5.74) is 6.40. The lowest BCUT2D eigenvalue weighted by Gasteiger charge is -2.28. The van der Waals surface area contributed by atoms with Gasteiger partial charge in [0, 0.05) is 17.1 Å². The Morgan fingerprint density at radius 3 is 2.76 bits per heavy atom. The predicted molar refractivity (Wildman–Crippen MR) is 73.1 cm³/mol. The van der Waals surface area contributed by atoms with Crippen molar-refractivity contribution >= 4 is 11.3 Å². The van der Waals surface area contributed by atoms with Gasteiger partial charge in [-0.15, -0.1) is 11.3 Å². The zero-order chi connectivity index (χ0) is 12.4. The molecule has 0 aromatic carbocycles. The maximum atomic E-state index is 6.35. The first kappa shape index (κ1) is 13.0. The van der Waals surface area contributed by atoms with Gasteiger partial charge in [-0.05, 0) is 39.7 Å². The van der Waals surface area contributed by atoms with E-state index in [1.54, 1.807) is 11.3 Å². The molecule has 1 fully saturated rings. The van der Waals surface area contributed by atoms with Crippen LogP contribution >= 0.6 is 11.3 Å². The highest BCUT2D eigenvalue weighted by Crippen LogP contribution is 2.30. The Kier molecular flexibility index (Phi) is 3.85. The minimum Gasteiger partial charge on any atom is -0.325 e. The van der Waals surface area contributed by atoms with Crippen molar-refractivity contribution < 1.29 is 0 Å². The van der Waals surface area contributed by atoms with E-state index in [1.165, 1.54) is 25.7 Å². The van der Waals surface area contributed by atoms with Crippen LogP contribution in [0.15, 0.2) is 11.6 Å². The maximum Gasteiger partial charge on any atom is 0.112 e. The molecule has 0 radical (unpaired) electrons. The average molecular weight is 253 g/mol. The Balaban J connectivity index is 1.82. The van der Waals surface area contributed by atoms with Crippen LogP contribution in [0.2, 0.25) is 0 Å². The molecule has 0 unspecified atom stereocenters. The van der Waals surface area contributed by atoms with E-state index in [0.717, 1.165) is 18.0 Å². The van der Waals surface area contributed by atoms with Gasteiger partial charge in [0.05, 0.1) is 5.54 Å². The lowest BCUT2D eigenvalue weighted by atomic mass is 9.94. The second-order valence-electron chi connectivity index (χ2n) is 5.71. The van der Waals surface area contributed by atoms with Crippen LogP contribution in [0.4, 0.5) is 0 Å². The van der Waals surface area contributed by atoms with Gasteiger partial charge in [0.25, 0.3) is 0 Å². The SMILES string of the molecule is CC(C)(NCCC1(N)CCCC1)c1nccs1. The molecule has 0 aliphatic heterocycles. The molecule has 1 aliphatic carbocycles.